The molecule has 3 radical (unpaired) electrons. The van der Waals surface area contributed by atoms with Gasteiger partial charge >= 0.3 is 13.0 Å². The van der Waals surface area contributed by atoms with Gasteiger partial charge in [-0.15, -0.1) is 0 Å². The second-order valence-corrected chi connectivity index (χ2v) is 11.1. The molecule has 0 aromatic rings. The van der Waals surface area contributed by atoms with Crippen molar-refractivity contribution >= 4 is 169 Å². The minimum absolute atomic E-state index is 0. The van der Waals surface area contributed by atoms with Crippen LogP contribution in [0.4, 0.5) is 8.78 Å². The zero-order chi connectivity index (χ0) is 20.6. The van der Waals surface area contributed by atoms with Crippen molar-refractivity contribution in [2.45, 2.75) is 65.2 Å². The molecule has 5 nitrogen and oxygen atoms in total. The molecule has 0 aliphatic heterocycles. The van der Waals surface area contributed by atoms with Gasteiger partial charge in [0.1, 0.15) is 0 Å². The van der Waals surface area contributed by atoms with Crippen LogP contribution in [0.3, 0.4) is 0 Å². The molecular weight excluding hydrogens is 501 g/mol. The van der Waals surface area contributed by atoms with Gasteiger partial charge in [0.2, 0.25) is 0 Å². The summed E-state index contributed by atoms with van der Waals surface area (Å²) in [5.74, 6) is 0. The summed E-state index contributed by atoms with van der Waals surface area (Å²) in [5, 5.41) is -4.91. The zero-order valence-corrected chi connectivity index (χ0v) is 29.9. The molecule has 0 aliphatic carbocycles. The van der Waals surface area contributed by atoms with Gasteiger partial charge in [-0.2, -0.15) is 8.78 Å². The smallest absolute Gasteiger partial charge is 0.340 e. The van der Waals surface area contributed by atoms with Gasteiger partial charge in [0.05, 0.1) is 0 Å². The summed E-state index contributed by atoms with van der Waals surface area (Å²) >= 11 is 0. The van der Waals surface area contributed by atoms with Crippen molar-refractivity contribution in [3.8, 4) is 0 Å². The Kier molecular flexibility index (Phi) is 27.2. The molecule has 29 heavy (non-hydrogen) atoms. The summed E-state index contributed by atoms with van der Waals surface area (Å²) < 4.78 is 49.0. The van der Waals surface area contributed by atoms with E-state index in [4.69, 9.17) is 9.79 Å². The summed E-state index contributed by atoms with van der Waals surface area (Å²) in [6, 6.07) is 0. The van der Waals surface area contributed by atoms with Crippen molar-refractivity contribution < 1.29 is 32.6 Å². The van der Waals surface area contributed by atoms with Crippen molar-refractivity contribution in [2.75, 3.05) is 6.16 Å². The fraction of sp³-hybridized carbons (Fsp3) is 0.647. The third-order valence-corrected chi connectivity index (χ3v) is 7.94. The Labute approximate surface area is 301 Å². The molecule has 155 valence electrons. The van der Waals surface area contributed by atoms with Gasteiger partial charge in [0, 0.05) is 160 Å². The molecule has 0 aliphatic rings. The summed E-state index contributed by atoms with van der Waals surface area (Å²) in [6.45, 7) is 7.93. The van der Waals surface area contributed by atoms with Crippen LogP contribution in [0.15, 0.2) is 34.9 Å². The van der Waals surface area contributed by atoms with E-state index in [0.29, 0.717) is 6.42 Å². The van der Waals surface area contributed by atoms with E-state index in [1.807, 2.05) is 20.8 Å². The van der Waals surface area contributed by atoms with E-state index < -0.39 is 26.5 Å². The molecule has 0 aromatic heterocycles. The molecular formula is C17H30F2K3O5P2. The van der Waals surface area contributed by atoms with Gasteiger partial charge in [-0.1, -0.05) is 34.9 Å². The topological polar surface area (TPSA) is 94.8 Å². The van der Waals surface area contributed by atoms with Gasteiger partial charge in [-0.25, -0.2) is 0 Å². The number of alkyl halides is 2. The van der Waals surface area contributed by atoms with Gasteiger partial charge in [0.25, 0.3) is 7.37 Å². The predicted octanol–water partition coefficient (Wildman–Crippen LogP) is 4.65. The van der Waals surface area contributed by atoms with Crippen LogP contribution >= 0.6 is 15.0 Å². The van der Waals surface area contributed by atoms with E-state index in [-0.39, 0.29) is 161 Å². The first kappa shape index (κ1) is 40.5. The van der Waals surface area contributed by atoms with Crippen molar-refractivity contribution in [3.05, 3.63) is 34.9 Å². The minimum Gasteiger partial charge on any atom is -0.340 e. The summed E-state index contributed by atoms with van der Waals surface area (Å²) in [4.78, 5) is 26.4. The second kappa shape index (κ2) is 19.5. The normalized spacial score (nSPS) is 14.7. The quantitative estimate of drug-likeness (QED) is 0.205. The molecule has 0 fully saturated rings. The Morgan fingerprint density at radius 2 is 1.17 bits per heavy atom. The van der Waals surface area contributed by atoms with E-state index in [1.54, 1.807) is 13.0 Å². The molecule has 12 heteroatoms. The van der Waals surface area contributed by atoms with Gasteiger partial charge in [0.15, 0.2) is 0 Å². The van der Waals surface area contributed by atoms with Crippen LogP contribution in [0, 0.1) is 0 Å². The second-order valence-electron chi connectivity index (χ2n) is 6.73. The maximum atomic E-state index is 13.4. The molecule has 0 bridgehead atoms. The van der Waals surface area contributed by atoms with Gasteiger partial charge in [-0.3, -0.25) is 9.13 Å². The minimum atomic E-state index is -5.98. The SMILES string of the molecule is CC(C)=CCCC(C)=CCCC(C)=CCCP(=O)(O)C(F)(F)P(=O)(O)O.[K].[K].[K]. The molecule has 0 saturated heterocycles. The first-order chi connectivity index (χ1) is 11.7. The zero-order valence-electron chi connectivity index (χ0n) is 18.8. The monoisotopic (exact) mass is 531 g/mol. The predicted molar refractivity (Wildman–Crippen MR) is 119 cm³/mol. The average Bonchev–Trinajstić information content (AvgIpc) is 2.45. The maximum Gasteiger partial charge on any atom is 0.417 e. The van der Waals surface area contributed by atoms with Gasteiger partial charge < -0.3 is 14.7 Å². The fourth-order valence-corrected chi connectivity index (χ4v) is 4.84. The Bertz CT molecular complexity index is 657. The molecule has 0 spiro atoms. The van der Waals surface area contributed by atoms with Crippen LogP contribution in [0.5, 0.6) is 0 Å². The Hall–Kier alpha value is 4.33. The summed E-state index contributed by atoms with van der Waals surface area (Å²) in [6.07, 6.45) is 8.24. The first-order valence-electron chi connectivity index (χ1n) is 8.40. The summed E-state index contributed by atoms with van der Waals surface area (Å²) in [7, 11) is -11.3. The van der Waals surface area contributed by atoms with E-state index in [9.17, 15) is 22.8 Å². The largest absolute Gasteiger partial charge is 0.417 e. The van der Waals surface area contributed by atoms with Gasteiger partial charge in [-0.05, 0) is 59.8 Å². The van der Waals surface area contributed by atoms with E-state index >= 15 is 0 Å². The van der Waals surface area contributed by atoms with Crippen LogP contribution < -0.4 is 0 Å². The van der Waals surface area contributed by atoms with Crippen LogP contribution in [0.25, 0.3) is 0 Å². The Balaban J connectivity index is -0.00000104. The van der Waals surface area contributed by atoms with Crippen LogP contribution in [0.2, 0.25) is 0 Å². The van der Waals surface area contributed by atoms with Crippen LogP contribution in [-0.2, 0) is 9.13 Å². The van der Waals surface area contributed by atoms with Crippen LogP contribution in [-0.4, -0.2) is 180 Å². The van der Waals surface area contributed by atoms with Crippen molar-refractivity contribution in [1.29, 1.82) is 0 Å². The number of rotatable bonds is 11. The standard InChI is InChI=1S/C17H30F2O5P2.3K/c1-14(2)8-5-9-15(3)10-6-11-16(4)12-7-13-25(20,21)17(18,19)26(22,23)24;;;/h8,10,12H,5-7,9,11,13H2,1-4H3,(H,20,21)(H2,22,23,24);;;. The number of hydrogen-bond donors (Lipinski definition) is 3. The molecule has 1 unspecified atom stereocenters. The van der Waals surface area contributed by atoms with Crippen molar-refractivity contribution in [3.63, 3.8) is 0 Å². The molecule has 1 atom stereocenters. The molecule has 0 amide bonds. The number of halogens is 2. The Morgan fingerprint density at radius 1 is 0.793 bits per heavy atom. The number of hydrogen-bond acceptors (Lipinski definition) is 2. The molecule has 3 N–H and O–H groups in total. The fourth-order valence-electron chi connectivity index (χ4n) is 2.16. The average molecular weight is 532 g/mol. The van der Waals surface area contributed by atoms with Crippen molar-refractivity contribution in [2.24, 2.45) is 0 Å². The Morgan fingerprint density at radius 3 is 1.55 bits per heavy atom. The third kappa shape index (κ3) is 17.4. The first-order valence-corrected chi connectivity index (χ1v) is 11.9. The molecule has 0 aromatic carbocycles. The van der Waals surface area contributed by atoms with E-state index in [1.165, 1.54) is 11.1 Å². The molecule has 0 heterocycles. The van der Waals surface area contributed by atoms with Crippen LogP contribution in [0.1, 0.15) is 59.8 Å². The van der Waals surface area contributed by atoms with Crippen molar-refractivity contribution in [1.82, 2.24) is 0 Å². The third-order valence-electron chi connectivity index (χ3n) is 3.82. The molecule has 0 saturated carbocycles. The molecule has 0 rings (SSSR count). The number of allylic oxidation sites excluding steroid dienone is 6. The maximum absolute atomic E-state index is 13.4. The van der Waals surface area contributed by atoms with E-state index in [2.05, 4.69) is 12.2 Å². The summed E-state index contributed by atoms with van der Waals surface area (Å²) in [5.41, 5.74) is 3.41. The van der Waals surface area contributed by atoms with E-state index in [0.717, 1.165) is 24.8 Å².